The van der Waals surface area contributed by atoms with E-state index in [-0.39, 0.29) is 0 Å². The molecule has 0 saturated carbocycles. The minimum atomic E-state index is 0.794. The molecule has 0 aliphatic carbocycles. The van der Waals surface area contributed by atoms with E-state index in [4.69, 9.17) is 14.7 Å². The second kappa shape index (κ2) is 12.6. The smallest absolute Gasteiger partial charge is 0.154 e. The highest BCUT2D eigenvalue weighted by atomic mass is 16.5. The van der Waals surface area contributed by atoms with E-state index >= 15 is 0 Å². The summed E-state index contributed by atoms with van der Waals surface area (Å²) in [7, 11) is 0. The summed E-state index contributed by atoms with van der Waals surface area (Å²) in [4.78, 5) is 11.7. The van der Waals surface area contributed by atoms with Gasteiger partial charge in [0.2, 0.25) is 0 Å². The van der Waals surface area contributed by atoms with Gasteiger partial charge in [-0.05, 0) is 113 Å². The first-order chi connectivity index (χ1) is 27.3. The third-order valence-corrected chi connectivity index (χ3v) is 10.6. The molecule has 0 radical (unpaired) electrons. The van der Waals surface area contributed by atoms with Crippen LogP contribution in [0.5, 0.6) is 11.5 Å². The Balaban J connectivity index is 1.15. The van der Waals surface area contributed by atoms with Gasteiger partial charge in [0.15, 0.2) is 11.5 Å². The molecule has 1 aliphatic heterocycles. The highest BCUT2D eigenvalue weighted by Gasteiger charge is 2.28. The molecule has 0 spiro atoms. The number of fused-ring (bicyclic) bond motifs is 7. The van der Waals surface area contributed by atoms with E-state index in [9.17, 15) is 0 Å². The summed E-state index contributed by atoms with van der Waals surface area (Å²) in [5, 5.41) is 4.78. The van der Waals surface area contributed by atoms with Crippen LogP contribution in [0.1, 0.15) is 0 Å². The zero-order valence-electron chi connectivity index (χ0n) is 29.7. The van der Waals surface area contributed by atoms with Crippen molar-refractivity contribution in [3.63, 3.8) is 0 Å². The zero-order valence-corrected chi connectivity index (χ0v) is 29.7. The Labute approximate surface area is 318 Å². The first-order valence-electron chi connectivity index (χ1n) is 18.5. The summed E-state index contributed by atoms with van der Waals surface area (Å²) in [6.45, 7) is 0. The average Bonchev–Trinajstić information content (AvgIpc) is 3.60. The molecule has 0 unspecified atom stereocenters. The molecule has 0 saturated heterocycles. The maximum Gasteiger partial charge on any atom is 0.154 e. The molecule has 5 heteroatoms. The van der Waals surface area contributed by atoms with Crippen LogP contribution in [0, 0.1) is 0 Å². The van der Waals surface area contributed by atoms with Crippen LogP contribution in [-0.2, 0) is 0 Å². The Morgan fingerprint density at radius 1 is 0.436 bits per heavy atom. The number of hydrogen-bond donors (Lipinski definition) is 0. The van der Waals surface area contributed by atoms with Crippen molar-refractivity contribution in [3.8, 4) is 50.8 Å². The normalized spacial score (nSPS) is 11.8. The van der Waals surface area contributed by atoms with Crippen LogP contribution in [0.25, 0.3) is 71.9 Å². The number of rotatable bonds is 6. The number of aromatic nitrogens is 3. The highest BCUT2D eigenvalue weighted by molar-refractivity contribution is 6.23. The Morgan fingerprint density at radius 2 is 1.07 bits per heavy atom. The lowest BCUT2D eigenvalue weighted by atomic mass is 9.96. The third kappa shape index (κ3) is 5.17. The molecule has 5 nitrogen and oxygen atoms in total. The van der Waals surface area contributed by atoms with E-state index in [1.54, 1.807) is 0 Å². The van der Waals surface area contributed by atoms with Crippen LogP contribution in [0.4, 0.5) is 17.1 Å². The second-order valence-corrected chi connectivity index (χ2v) is 13.9. The molecule has 0 atom stereocenters. The lowest BCUT2D eigenvalue weighted by molar-refractivity contribution is 0.477. The molecule has 11 rings (SSSR count). The first-order valence-corrected chi connectivity index (χ1v) is 18.5. The van der Waals surface area contributed by atoms with Gasteiger partial charge in [-0.15, -0.1) is 0 Å². The predicted octanol–water partition coefficient (Wildman–Crippen LogP) is 13.3. The van der Waals surface area contributed by atoms with E-state index < -0.39 is 0 Å². The van der Waals surface area contributed by atoms with Gasteiger partial charge in [0.05, 0.1) is 33.8 Å². The summed E-state index contributed by atoms with van der Waals surface area (Å²) >= 11 is 0. The van der Waals surface area contributed by atoms with Crippen molar-refractivity contribution in [2.24, 2.45) is 0 Å². The van der Waals surface area contributed by atoms with E-state index in [2.05, 4.69) is 155 Å². The molecular formula is C50H32N4O. The molecule has 10 aromatic rings. The molecular weight excluding hydrogens is 673 g/mol. The average molecular weight is 705 g/mol. The van der Waals surface area contributed by atoms with Crippen molar-refractivity contribution in [1.29, 1.82) is 0 Å². The van der Waals surface area contributed by atoms with Crippen molar-refractivity contribution in [3.05, 3.63) is 194 Å². The highest BCUT2D eigenvalue weighted by Crippen LogP contribution is 2.51. The minimum Gasteiger partial charge on any atom is -0.453 e. The maximum absolute atomic E-state index is 7.07. The van der Waals surface area contributed by atoms with Crippen LogP contribution < -0.4 is 9.64 Å². The fourth-order valence-corrected chi connectivity index (χ4v) is 8.16. The molecule has 0 N–H and O–H groups in total. The summed E-state index contributed by atoms with van der Waals surface area (Å²) in [6.07, 6.45) is 3.67. The minimum absolute atomic E-state index is 0.794. The van der Waals surface area contributed by atoms with Gasteiger partial charge in [0.1, 0.15) is 0 Å². The molecule has 1 aliphatic rings. The van der Waals surface area contributed by atoms with E-state index in [1.807, 2.05) is 48.8 Å². The van der Waals surface area contributed by atoms with Gasteiger partial charge in [-0.25, -0.2) is 0 Å². The van der Waals surface area contributed by atoms with Gasteiger partial charge in [0.25, 0.3) is 0 Å². The fraction of sp³-hybridized carbons (Fsp3) is 0. The molecule has 55 heavy (non-hydrogen) atoms. The SMILES string of the molecule is c1ccc(N(c2ccccc2)c2cc3c4c(c2)c2c5ccccc5ccc2n4-c2ccc(-c4cc(-c5ccccn5)cc(-c5ccccn5)c4)cc2O3)cc1. The Hall–Kier alpha value is -7.50. The largest absolute Gasteiger partial charge is 0.453 e. The van der Waals surface area contributed by atoms with Crippen molar-refractivity contribution >= 4 is 49.6 Å². The van der Waals surface area contributed by atoms with Gasteiger partial charge in [-0.3, -0.25) is 9.97 Å². The number of para-hydroxylation sites is 2. The van der Waals surface area contributed by atoms with Crippen LogP contribution >= 0.6 is 0 Å². The Kier molecular flexibility index (Phi) is 7.10. The van der Waals surface area contributed by atoms with Gasteiger partial charge in [-0.1, -0.05) is 84.9 Å². The molecule has 4 heterocycles. The van der Waals surface area contributed by atoms with E-state index in [0.29, 0.717) is 0 Å². The van der Waals surface area contributed by atoms with E-state index in [1.165, 1.54) is 16.2 Å². The van der Waals surface area contributed by atoms with Crippen LogP contribution in [0.3, 0.4) is 0 Å². The topological polar surface area (TPSA) is 43.2 Å². The van der Waals surface area contributed by atoms with Crippen LogP contribution in [-0.4, -0.2) is 14.5 Å². The zero-order chi connectivity index (χ0) is 36.3. The monoisotopic (exact) mass is 704 g/mol. The van der Waals surface area contributed by atoms with Gasteiger partial charge in [0, 0.05) is 51.7 Å². The number of pyridine rings is 2. The summed E-state index contributed by atoms with van der Waals surface area (Å²) in [5.41, 5.74) is 12.4. The van der Waals surface area contributed by atoms with Crippen molar-refractivity contribution < 1.29 is 4.74 Å². The molecule has 0 fully saturated rings. The lowest BCUT2D eigenvalue weighted by Crippen LogP contribution is -2.11. The standard InChI is InChI=1S/C50H32N4O/c1-3-14-38(15-4-1)53(39-16-5-2-6-17-39)40-31-42-49-41-18-8-7-13-33(41)21-24-46(49)54-45-23-22-34(30-47(45)55-48(32-40)50(42)54)35-27-36(43-19-9-11-25-51-43)29-37(28-35)44-20-10-12-26-52-44/h1-32H. The third-order valence-electron chi connectivity index (χ3n) is 10.6. The fourth-order valence-electron chi connectivity index (χ4n) is 8.16. The van der Waals surface area contributed by atoms with Crippen molar-refractivity contribution in [2.75, 3.05) is 4.90 Å². The number of hydrogen-bond acceptors (Lipinski definition) is 4. The number of benzene rings is 7. The summed E-state index contributed by atoms with van der Waals surface area (Å²) in [6, 6.07) is 63.9. The molecule has 3 aromatic heterocycles. The molecule has 0 amide bonds. The summed E-state index contributed by atoms with van der Waals surface area (Å²) < 4.78 is 9.46. The predicted molar refractivity (Wildman–Crippen MR) is 225 cm³/mol. The number of anilines is 3. The van der Waals surface area contributed by atoms with Crippen LogP contribution in [0.2, 0.25) is 0 Å². The second-order valence-electron chi connectivity index (χ2n) is 13.9. The quantitative estimate of drug-likeness (QED) is 0.173. The number of nitrogens with zero attached hydrogens (tertiary/aromatic N) is 4. The Bertz CT molecular complexity index is 2950. The van der Waals surface area contributed by atoms with E-state index in [0.717, 1.165) is 84.3 Å². The lowest BCUT2D eigenvalue weighted by Gasteiger charge is -2.27. The molecule has 0 bridgehead atoms. The van der Waals surface area contributed by atoms with Crippen molar-refractivity contribution in [1.82, 2.24) is 14.5 Å². The van der Waals surface area contributed by atoms with Crippen LogP contribution in [0.15, 0.2) is 194 Å². The van der Waals surface area contributed by atoms with Gasteiger partial charge >= 0.3 is 0 Å². The summed E-state index contributed by atoms with van der Waals surface area (Å²) in [5.74, 6) is 1.61. The van der Waals surface area contributed by atoms with Gasteiger partial charge in [-0.2, -0.15) is 0 Å². The molecule has 7 aromatic carbocycles. The maximum atomic E-state index is 7.07. The van der Waals surface area contributed by atoms with Gasteiger partial charge < -0.3 is 14.2 Å². The Morgan fingerprint density at radius 3 is 1.75 bits per heavy atom. The number of ether oxygens (including phenoxy) is 1. The molecule has 258 valence electrons. The van der Waals surface area contributed by atoms with Crippen molar-refractivity contribution in [2.45, 2.75) is 0 Å². The first kappa shape index (κ1) is 31.1.